The van der Waals surface area contributed by atoms with E-state index in [-0.39, 0.29) is 0 Å². The van der Waals surface area contributed by atoms with Crippen LogP contribution in [0.1, 0.15) is 15.9 Å². The number of carboxylic acids is 1. The average Bonchev–Trinajstić information content (AvgIpc) is 2.24. The van der Waals surface area contributed by atoms with Crippen molar-refractivity contribution in [2.24, 2.45) is 0 Å². The fraction of sp³-hybridized carbons (Fsp3) is 0.300. The highest BCUT2D eigenvalue weighted by Crippen LogP contribution is 2.34. The zero-order valence-electron chi connectivity index (χ0n) is 8.67. The molecule has 100 valence electrons. The van der Waals surface area contributed by atoms with Crippen LogP contribution in [0, 0.1) is 0 Å². The number of ether oxygens (including phenoxy) is 1. The van der Waals surface area contributed by atoms with Crippen LogP contribution >= 0.6 is 0 Å². The minimum Gasteiger partial charge on any atom is -0.488 e. The highest BCUT2D eigenvalue weighted by molar-refractivity contribution is 5.89. The number of carbonyl (C=O) groups is 1. The van der Waals surface area contributed by atoms with E-state index < -0.39 is 42.1 Å². The quantitative estimate of drug-likeness (QED) is 0.855. The van der Waals surface area contributed by atoms with Crippen molar-refractivity contribution in [1.82, 2.24) is 0 Å². The molecule has 18 heavy (non-hydrogen) atoms. The molecular formula is C10H7F5O3. The Morgan fingerprint density at radius 1 is 1.33 bits per heavy atom. The van der Waals surface area contributed by atoms with Crippen LogP contribution in [0.4, 0.5) is 22.0 Å². The molecule has 0 spiro atoms. The fourth-order valence-electron chi connectivity index (χ4n) is 1.19. The van der Waals surface area contributed by atoms with Crippen molar-refractivity contribution in [3.8, 4) is 5.75 Å². The first-order valence-corrected chi connectivity index (χ1v) is 4.57. The minimum atomic E-state index is -4.90. The van der Waals surface area contributed by atoms with Gasteiger partial charge in [-0.05, 0) is 18.2 Å². The molecule has 0 saturated carbocycles. The van der Waals surface area contributed by atoms with Crippen molar-refractivity contribution < 1.29 is 36.6 Å². The van der Waals surface area contributed by atoms with Crippen LogP contribution in [0.3, 0.4) is 0 Å². The third kappa shape index (κ3) is 3.57. The second-order valence-electron chi connectivity index (χ2n) is 3.21. The van der Waals surface area contributed by atoms with Gasteiger partial charge in [-0.1, -0.05) is 0 Å². The van der Waals surface area contributed by atoms with Gasteiger partial charge < -0.3 is 9.84 Å². The van der Waals surface area contributed by atoms with E-state index in [2.05, 4.69) is 4.74 Å². The molecular weight excluding hydrogens is 263 g/mol. The van der Waals surface area contributed by atoms with Crippen molar-refractivity contribution in [1.29, 1.82) is 0 Å². The normalized spacial score (nSPS) is 11.7. The maximum Gasteiger partial charge on any atom is 0.417 e. The largest absolute Gasteiger partial charge is 0.488 e. The summed E-state index contributed by atoms with van der Waals surface area (Å²) in [6.45, 7) is -1.07. The number of benzene rings is 1. The Hall–Kier alpha value is -1.86. The molecule has 1 rings (SSSR count). The lowest BCUT2D eigenvalue weighted by Crippen LogP contribution is -2.14. The van der Waals surface area contributed by atoms with Crippen molar-refractivity contribution in [2.75, 3.05) is 6.61 Å². The molecule has 0 bridgehead atoms. The van der Waals surface area contributed by atoms with Gasteiger partial charge >= 0.3 is 12.1 Å². The lowest BCUT2D eigenvalue weighted by Gasteiger charge is -2.12. The molecule has 0 heterocycles. The van der Waals surface area contributed by atoms with Crippen molar-refractivity contribution in [2.45, 2.75) is 12.6 Å². The maximum atomic E-state index is 12.5. The van der Waals surface area contributed by atoms with Gasteiger partial charge in [-0.25, -0.2) is 13.6 Å². The van der Waals surface area contributed by atoms with E-state index in [0.29, 0.717) is 12.1 Å². The number of halogens is 5. The first-order valence-electron chi connectivity index (χ1n) is 4.57. The lowest BCUT2D eigenvalue weighted by molar-refractivity contribution is -0.138. The highest BCUT2D eigenvalue weighted by Gasteiger charge is 2.35. The van der Waals surface area contributed by atoms with Gasteiger partial charge in [0.25, 0.3) is 6.43 Å². The summed E-state index contributed by atoms with van der Waals surface area (Å²) in [5.74, 6) is -2.23. The fourth-order valence-corrected chi connectivity index (χ4v) is 1.19. The Balaban J connectivity index is 3.10. The Kier molecular flexibility index (Phi) is 4.10. The standard InChI is InChI=1S/C10H7F5O3/c11-8(12)4-18-5-1-2-6(9(16)17)7(3-5)10(13,14)15/h1-3,8H,4H2,(H,16,17). The summed E-state index contributed by atoms with van der Waals surface area (Å²) >= 11 is 0. The van der Waals surface area contributed by atoms with E-state index in [0.717, 1.165) is 6.07 Å². The van der Waals surface area contributed by atoms with Crippen LogP contribution in [0.15, 0.2) is 18.2 Å². The molecule has 0 atom stereocenters. The van der Waals surface area contributed by atoms with Crippen LogP contribution < -0.4 is 4.74 Å². The number of carboxylic acid groups (broad SMARTS) is 1. The van der Waals surface area contributed by atoms with Gasteiger partial charge in [0.2, 0.25) is 0 Å². The summed E-state index contributed by atoms with van der Waals surface area (Å²) in [4.78, 5) is 10.6. The molecule has 0 unspecified atom stereocenters. The van der Waals surface area contributed by atoms with Crippen LogP contribution in [0.5, 0.6) is 5.75 Å². The highest BCUT2D eigenvalue weighted by atomic mass is 19.4. The van der Waals surface area contributed by atoms with E-state index in [4.69, 9.17) is 5.11 Å². The predicted molar refractivity (Wildman–Crippen MR) is 49.9 cm³/mol. The number of alkyl halides is 5. The molecule has 0 aliphatic heterocycles. The first-order chi connectivity index (χ1) is 8.21. The van der Waals surface area contributed by atoms with Gasteiger partial charge in [-0.3, -0.25) is 0 Å². The Morgan fingerprint density at radius 2 is 1.94 bits per heavy atom. The molecule has 1 aromatic carbocycles. The molecule has 3 nitrogen and oxygen atoms in total. The van der Waals surface area contributed by atoms with E-state index in [9.17, 15) is 26.7 Å². The SMILES string of the molecule is O=C(O)c1ccc(OCC(F)F)cc1C(F)(F)F. The van der Waals surface area contributed by atoms with Gasteiger partial charge in [-0.15, -0.1) is 0 Å². The Morgan fingerprint density at radius 3 is 2.39 bits per heavy atom. The zero-order chi connectivity index (χ0) is 13.9. The van der Waals surface area contributed by atoms with E-state index in [1.165, 1.54) is 0 Å². The summed E-state index contributed by atoms with van der Waals surface area (Å²) in [5, 5.41) is 8.58. The molecule has 8 heteroatoms. The van der Waals surface area contributed by atoms with Crippen LogP contribution in [0.2, 0.25) is 0 Å². The van der Waals surface area contributed by atoms with Crippen LogP contribution in [-0.4, -0.2) is 24.1 Å². The third-order valence-electron chi connectivity index (χ3n) is 1.90. The lowest BCUT2D eigenvalue weighted by atomic mass is 10.1. The van der Waals surface area contributed by atoms with Crippen LogP contribution in [-0.2, 0) is 6.18 Å². The Bertz CT molecular complexity index is 442. The van der Waals surface area contributed by atoms with Crippen LogP contribution in [0.25, 0.3) is 0 Å². The topological polar surface area (TPSA) is 46.5 Å². The van der Waals surface area contributed by atoms with Gasteiger partial charge in [0, 0.05) is 0 Å². The molecule has 0 aliphatic carbocycles. The van der Waals surface area contributed by atoms with E-state index in [1.807, 2.05) is 0 Å². The molecule has 0 fully saturated rings. The molecule has 0 aliphatic rings. The van der Waals surface area contributed by atoms with Gasteiger partial charge in [0.1, 0.15) is 12.4 Å². The van der Waals surface area contributed by atoms with E-state index >= 15 is 0 Å². The molecule has 0 aromatic heterocycles. The second-order valence-corrected chi connectivity index (χ2v) is 3.21. The van der Waals surface area contributed by atoms with Gasteiger partial charge in [0.15, 0.2) is 0 Å². The summed E-state index contributed by atoms with van der Waals surface area (Å²) in [6, 6.07) is 1.93. The predicted octanol–water partition coefficient (Wildman–Crippen LogP) is 3.05. The summed E-state index contributed by atoms with van der Waals surface area (Å²) in [5.41, 5.74) is -2.41. The number of hydrogen-bond acceptors (Lipinski definition) is 2. The van der Waals surface area contributed by atoms with Gasteiger partial charge in [0.05, 0.1) is 11.1 Å². The minimum absolute atomic E-state index is 0.381. The smallest absolute Gasteiger partial charge is 0.417 e. The monoisotopic (exact) mass is 270 g/mol. The Labute approximate surface area is 97.8 Å². The number of rotatable bonds is 4. The van der Waals surface area contributed by atoms with Gasteiger partial charge in [-0.2, -0.15) is 13.2 Å². The zero-order valence-corrected chi connectivity index (χ0v) is 8.67. The summed E-state index contributed by atoms with van der Waals surface area (Å²) in [6.07, 6.45) is -7.74. The number of aromatic carboxylic acids is 1. The van der Waals surface area contributed by atoms with Crippen molar-refractivity contribution in [3.63, 3.8) is 0 Å². The number of hydrogen-bond donors (Lipinski definition) is 1. The van der Waals surface area contributed by atoms with Crippen molar-refractivity contribution >= 4 is 5.97 Å². The third-order valence-corrected chi connectivity index (χ3v) is 1.90. The molecule has 1 N–H and O–H groups in total. The molecule has 0 radical (unpaired) electrons. The van der Waals surface area contributed by atoms with E-state index in [1.54, 1.807) is 0 Å². The maximum absolute atomic E-state index is 12.5. The molecule has 0 saturated heterocycles. The van der Waals surface area contributed by atoms with Crippen molar-refractivity contribution in [3.05, 3.63) is 29.3 Å². The molecule has 0 amide bonds. The molecule has 1 aromatic rings. The summed E-state index contributed by atoms with van der Waals surface area (Å²) < 4.78 is 65.6. The summed E-state index contributed by atoms with van der Waals surface area (Å²) in [7, 11) is 0. The second kappa shape index (κ2) is 5.19. The first kappa shape index (κ1) is 14.2. The average molecular weight is 270 g/mol.